The standard InChI is InChI=1S/C14H28N2O3/c1-4-11(12-6-5-9-19-12)16-13(18)15-10-14(2,3)7-8-17/h11-12,17H,4-10H2,1-3H3,(H2,15,16,18). The molecule has 1 rings (SSSR count). The number of amides is 2. The maximum atomic E-state index is 11.9. The molecule has 0 bridgehead atoms. The average Bonchev–Trinajstić information content (AvgIpc) is 2.87. The minimum atomic E-state index is -0.145. The van der Waals surface area contributed by atoms with Crippen LogP contribution in [-0.2, 0) is 4.74 Å². The molecule has 0 saturated carbocycles. The maximum absolute atomic E-state index is 11.9. The van der Waals surface area contributed by atoms with Crippen molar-refractivity contribution in [3.05, 3.63) is 0 Å². The number of rotatable bonds is 7. The summed E-state index contributed by atoms with van der Waals surface area (Å²) in [7, 11) is 0. The van der Waals surface area contributed by atoms with Crippen LogP contribution < -0.4 is 10.6 Å². The van der Waals surface area contributed by atoms with E-state index in [1.165, 1.54) is 0 Å². The third-order valence-electron chi connectivity index (χ3n) is 3.69. The molecule has 1 fully saturated rings. The van der Waals surface area contributed by atoms with E-state index in [0.29, 0.717) is 13.0 Å². The van der Waals surface area contributed by atoms with Gasteiger partial charge in [-0.25, -0.2) is 4.79 Å². The number of aliphatic hydroxyl groups is 1. The first-order chi connectivity index (χ1) is 8.98. The largest absolute Gasteiger partial charge is 0.396 e. The number of ether oxygens (including phenoxy) is 1. The first-order valence-corrected chi connectivity index (χ1v) is 7.25. The fourth-order valence-corrected chi connectivity index (χ4v) is 2.31. The topological polar surface area (TPSA) is 70.6 Å². The van der Waals surface area contributed by atoms with Gasteiger partial charge in [-0.1, -0.05) is 20.8 Å². The summed E-state index contributed by atoms with van der Waals surface area (Å²) in [6.45, 7) is 7.61. The van der Waals surface area contributed by atoms with Gasteiger partial charge in [0.15, 0.2) is 0 Å². The molecule has 0 aromatic rings. The van der Waals surface area contributed by atoms with Crippen LogP contribution in [0.1, 0.15) is 46.5 Å². The van der Waals surface area contributed by atoms with Gasteiger partial charge in [-0.15, -0.1) is 0 Å². The van der Waals surface area contributed by atoms with Crippen molar-refractivity contribution in [2.24, 2.45) is 5.41 Å². The van der Waals surface area contributed by atoms with Crippen LogP contribution in [0.3, 0.4) is 0 Å². The van der Waals surface area contributed by atoms with Gasteiger partial charge in [0.1, 0.15) is 0 Å². The summed E-state index contributed by atoms with van der Waals surface area (Å²) in [6, 6.07) is -0.0585. The zero-order valence-corrected chi connectivity index (χ0v) is 12.4. The van der Waals surface area contributed by atoms with Gasteiger partial charge in [-0.05, 0) is 31.1 Å². The molecule has 2 atom stereocenters. The Balaban J connectivity index is 2.32. The molecule has 19 heavy (non-hydrogen) atoms. The normalized spacial score (nSPS) is 21.2. The predicted molar refractivity (Wildman–Crippen MR) is 75.1 cm³/mol. The number of nitrogens with one attached hydrogen (secondary N) is 2. The van der Waals surface area contributed by atoms with Crippen LogP contribution in [0.25, 0.3) is 0 Å². The Bertz CT molecular complexity index is 276. The quantitative estimate of drug-likeness (QED) is 0.660. The summed E-state index contributed by atoms with van der Waals surface area (Å²) in [5, 5.41) is 14.8. The van der Waals surface area contributed by atoms with E-state index in [4.69, 9.17) is 9.84 Å². The van der Waals surface area contributed by atoms with Crippen LogP contribution in [0.5, 0.6) is 0 Å². The highest BCUT2D eigenvalue weighted by Crippen LogP contribution is 2.19. The molecule has 0 aliphatic carbocycles. The molecule has 0 aromatic carbocycles. The molecule has 1 aliphatic rings. The average molecular weight is 272 g/mol. The Morgan fingerprint density at radius 2 is 2.26 bits per heavy atom. The second-order valence-electron chi connectivity index (χ2n) is 6.03. The first kappa shape index (κ1) is 16.2. The molecular weight excluding hydrogens is 244 g/mol. The van der Waals surface area contributed by atoms with Crippen molar-refractivity contribution < 1.29 is 14.6 Å². The second kappa shape index (κ2) is 7.70. The lowest BCUT2D eigenvalue weighted by Gasteiger charge is -2.26. The van der Waals surface area contributed by atoms with Gasteiger partial charge in [0.2, 0.25) is 0 Å². The van der Waals surface area contributed by atoms with Gasteiger partial charge in [-0.2, -0.15) is 0 Å². The molecule has 0 spiro atoms. The molecule has 1 saturated heterocycles. The van der Waals surface area contributed by atoms with E-state index in [1.807, 2.05) is 13.8 Å². The fraction of sp³-hybridized carbons (Fsp3) is 0.929. The van der Waals surface area contributed by atoms with Crippen molar-refractivity contribution in [1.82, 2.24) is 10.6 Å². The van der Waals surface area contributed by atoms with Gasteiger partial charge in [0.05, 0.1) is 12.1 Å². The van der Waals surface area contributed by atoms with E-state index in [0.717, 1.165) is 25.9 Å². The predicted octanol–water partition coefficient (Wildman–Crippen LogP) is 1.65. The number of hydrogen-bond acceptors (Lipinski definition) is 3. The van der Waals surface area contributed by atoms with E-state index in [9.17, 15) is 4.79 Å². The molecule has 1 aliphatic heterocycles. The number of carbonyl (C=O) groups excluding carboxylic acids is 1. The van der Waals surface area contributed by atoms with Gasteiger partial charge in [0, 0.05) is 19.8 Å². The van der Waals surface area contributed by atoms with Gasteiger partial charge < -0.3 is 20.5 Å². The van der Waals surface area contributed by atoms with Crippen molar-refractivity contribution >= 4 is 6.03 Å². The van der Waals surface area contributed by atoms with Crippen LogP contribution >= 0.6 is 0 Å². The molecule has 2 amide bonds. The molecule has 0 radical (unpaired) electrons. The minimum Gasteiger partial charge on any atom is -0.396 e. The number of aliphatic hydroxyl groups excluding tert-OH is 1. The summed E-state index contributed by atoms with van der Waals surface area (Å²) in [4.78, 5) is 11.9. The van der Waals surface area contributed by atoms with Crippen molar-refractivity contribution in [2.75, 3.05) is 19.8 Å². The SMILES string of the molecule is CCC(NC(=O)NCC(C)(C)CCO)C1CCCO1. The van der Waals surface area contributed by atoms with E-state index >= 15 is 0 Å². The zero-order valence-electron chi connectivity index (χ0n) is 12.4. The summed E-state index contributed by atoms with van der Waals surface area (Å²) in [5.74, 6) is 0. The van der Waals surface area contributed by atoms with Crippen molar-refractivity contribution in [3.63, 3.8) is 0 Å². The molecule has 112 valence electrons. The Morgan fingerprint density at radius 3 is 2.79 bits per heavy atom. The lowest BCUT2D eigenvalue weighted by atomic mass is 9.90. The Morgan fingerprint density at radius 1 is 1.53 bits per heavy atom. The van der Waals surface area contributed by atoms with E-state index in [1.54, 1.807) is 0 Å². The van der Waals surface area contributed by atoms with Crippen molar-refractivity contribution in [2.45, 2.75) is 58.6 Å². The van der Waals surface area contributed by atoms with Gasteiger partial charge >= 0.3 is 6.03 Å². The van der Waals surface area contributed by atoms with Crippen LogP contribution in [0, 0.1) is 5.41 Å². The minimum absolute atomic E-state index is 0.0857. The van der Waals surface area contributed by atoms with Crippen molar-refractivity contribution in [3.8, 4) is 0 Å². The molecule has 2 unspecified atom stereocenters. The lowest BCUT2D eigenvalue weighted by molar-refractivity contribution is 0.0794. The Kier molecular flexibility index (Phi) is 6.58. The van der Waals surface area contributed by atoms with Crippen molar-refractivity contribution in [1.29, 1.82) is 0 Å². The van der Waals surface area contributed by atoms with E-state index < -0.39 is 0 Å². The van der Waals surface area contributed by atoms with E-state index in [-0.39, 0.29) is 30.2 Å². The third-order valence-corrected chi connectivity index (χ3v) is 3.69. The van der Waals surface area contributed by atoms with Crippen LogP contribution in [0.4, 0.5) is 4.79 Å². The fourth-order valence-electron chi connectivity index (χ4n) is 2.31. The highest BCUT2D eigenvalue weighted by Gasteiger charge is 2.26. The monoisotopic (exact) mass is 272 g/mol. The number of carbonyl (C=O) groups is 1. The summed E-state index contributed by atoms with van der Waals surface area (Å²) in [6.07, 6.45) is 3.80. The first-order valence-electron chi connectivity index (χ1n) is 7.25. The summed E-state index contributed by atoms with van der Waals surface area (Å²) < 4.78 is 5.62. The summed E-state index contributed by atoms with van der Waals surface area (Å²) in [5.41, 5.74) is -0.0857. The third kappa shape index (κ3) is 5.78. The second-order valence-corrected chi connectivity index (χ2v) is 6.03. The zero-order chi connectivity index (χ0) is 14.3. The maximum Gasteiger partial charge on any atom is 0.315 e. The van der Waals surface area contributed by atoms with Gasteiger partial charge in [0.25, 0.3) is 0 Å². The smallest absolute Gasteiger partial charge is 0.315 e. The van der Waals surface area contributed by atoms with Crippen LogP contribution in [0.2, 0.25) is 0 Å². The van der Waals surface area contributed by atoms with Crippen LogP contribution in [-0.4, -0.2) is 43.0 Å². The number of urea groups is 1. The Hall–Kier alpha value is -0.810. The molecule has 5 nitrogen and oxygen atoms in total. The Labute approximate surface area is 116 Å². The molecule has 1 heterocycles. The molecular formula is C14H28N2O3. The summed E-state index contributed by atoms with van der Waals surface area (Å²) >= 11 is 0. The highest BCUT2D eigenvalue weighted by molar-refractivity contribution is 5.74. The molecule has 0 aromatic heterocycles. The van der Waals surface area contributed by atoms with Gasteiger partial charge in [-0.3, -0.25) is 0 Å². The van der Waals surface area contributed by atoms with Crippen LogP contribution in [0.15, 0.2) is 0 Å². The number of hydrogen-bond donors (Lipinski definition) is 3. The molecule has 3 N–H and O–H groups in total. The van der Waals surface area contributed by atoms with E-state index in [2.05, 4.69) is 17.6 Å². The molecule has 5 heteroatoms. The highest BCUT2D eigenvalue weighted by atomic mass is 16.5. The lowest BCUT2D eigenvalue weighted by Crippen LogP contribution is -2.49.